The molecule has 0 fully saturated rings. The molecule has 2 unspecified atom stereocenters. The molecule has 0 saturated carbocycles. The number of hydrogen-bond donors (Lipinski definition) is 0. The number of fused-ring (bicyclic) bond motifs is 6. The minimum atomic E-state index is 0.544. The van der Waals surface area contributed by atoms with Crippen molar-refractivity contribution >= 4 is 38.8 Å². The van der Waals surface area contributed by atoms with Crippen LogP contribution in [-0.4, -0.2) is 9.13 Å². The average molecular weight is 599 g/mol. The Hall–Kier alpha value is -4.82. The SMILES string of the molecule is CCC(C)c1ccc2c(c1)c1c(n2-c2cccc(-c3cccc(-n4c5ccccc5c5cc(C(C)CC)ccc54)c3)c2)C=CCC1. The summed E-state index contributed by atoms with van der Waals surface area (Å²) < 4.78 is 4.92. The maximum absolute atomic E-state index is 2.48. The summed E-state index contributed by atoms with van der Waals surface area (Å²) in [7, 11) is 0. The van der Waals surface area contributed by atoms with Crippen molar-refractivity contribution in [1.82, 2.24) is 9.13 Å². The van der Waals surface area contributed by atoms with Gasteiger partial charge in [0.2, 0.25) is 0 Å². The van der Waals surface area contributed by atoms with Crippen LogP contribution in [0.5, 0.6) is 0 Å². The third kappa shape index (κ3) is 4.62. The summed E-state index contributed by atoms with van der Waals surface area (Å²) in [6, 6.07) is 41.2. The highest BCUT2D eigenvalue weighted by atomic mass is 15.0. The predicted molar refractivity (Wildman–Crippen MR) is 198 cm³/mol. The van der Waals surface area contributed by atoms with E-state index in [-0.39, 0.29) is 0 Å². The van der Waals surface area contributed by atoms with E-state index in [2.05, 4.69) is 158 Å². The third-order valence-electron chi connectivity index (χ3n) is 10.6. The highest BCUT2D eigenvalue weighted by Gasteiger charge is 2.20. The van der Waals surface area contributed by atoms with Gasteiger partial charge in [-0.25, -0.2) is 0 Å². The third-order valence-corrected chi connectivity index (χ3v) is 10.6. The first-order valence-corrected chi connectivity index (χ1v) is 17.1. The molecule has 46 heavy (non-hydrogen) atoms. The van der Waals surface area contributed by atoms with Gasteiger partial charge < -0.3 is 9.13 Å². The maximum Gasteiger partial charge on any atom is 0.0541 e. The number of allylic oxidation sites excluding steroid dienone is 1. The Bertz CT molecular complexity index is 2270. The van der Waals surface area contributed by atoms with E-state index in [0.29, 0.717) is 11.8 Å². The number of para-hydroxylation sites is 1. The van der Waals surface area contributed by atoms with Gasteiger partial charge in [-0.3, -0.25) is 0 Å². The van der Waals surface area contributed by atoms with Gasteiger partial charge in [0.05, 0.1) is 16.6 Å². The predicted octanol–water partition coefficient (Wildman–Crippen LogP) is 12.4. The zero-order valence-corrected chi connectivity index (χ0v) is 27.4. The van der Waals surface area contributed by atoms with Crippen LogP contribution in [0, 0.1) is 0 Å². The van der Waals surface area contributed by atoms with Crippen molar-refractivity contribution < 1.29 is 0 Å². The fraction of sp³-hybridized carbons (Fsp3) is 0.227. The van der Waals surface area contributed by atoms with Gasteiger partial charge >= 0.3 is 0 Å². The molecule has 7 aromatic rings. The Morgan fingerprint density at radius 1 is 0.565 bits per heavy atom. The number of nitrogens with zero attached hydrogens (tertiary/aromatic N) is 2. The summed E-state index contributed by atoms with van der Waals surface area (Å²) in [5.74, 6) is 1.11. The molecule has 0 radical (unpaired) electrons. The normalized spacial score (nSPS) is 14.3. The second-order valence-corrected chi connectivity index (χ2v) is 13.3. The summed E-state index contributed by atoms with van der Waals surface area (Å²) in [4.78, 5) is 0. The summed E-state index contributed by atoms with van der Waals surface area (Å²) in [5.41, 5.74) is 14.3. The van der Waals surface area contributed by atoms with E-state index in [1.165, 1.54) is 77.6 Å². The Kier molecular flexibility index (Phi) is 7.17. The van der Waals surface area contributed by atoms with Crippen LogP contribution in [0.4, 0.5) is 0 Å². The molecule has 0 spiro atoms. The molecular formula is C44H42N2. The van der Waals surface area contributed by atoms with E-state index < -0.39 is 0 Å². The molecule has 0 saturated heterocycles. The lowest BCUT2D eigenvalue weighted by Crippen LogP contribution is -2.00. The summed E-state index contributed by atoms with van der Waals surface area (Å²) in [6.45, 7) is 9.21. The molecule has 0 bridgehead atoms. The highest BCUT2D eigenvalue weighted by Crippen LogP contribution is 2.38. The van der Waals surface area contributed by atoms with Crippen LogP contribution in [0.2, 0.25) is 0 Å². The van der Waals surface area contributed by atoms with Crippen molar-refractivity contribution in [2.45, 2.75) is 65.2 Å². The van der Waals surface area contributed by atoms with E-state index in [9.17, 15) is 0 Å². The van der Waals surface area contributed by atoms with Gasteiger partial charge in [0.25, 0.3) is 0 Å². The summed E-state index contributed by atoms with van der Waals surface area (Å²) >= 11 is 0. The van der Waals surface area contributed by atoms with E-state index in [4.69, 9.17) is 0 Å². The van der Waals surface area contributed by atoms with E-state index in [1.807, 2.05) is 0 Å². The van der Waals surface area contributed by atoms with Gasteiger partial charge in [0.1, 0.15) is 0 Å². The van der Waals surface area contributed by atoms with E-state index in [0.717, 1.165) is 25.7 Å². The smallest absolute Gasteiger partial charge is 0.0541 e. The molecule has 228 valence electrons. The average Bonchev–Trinajstić information content (AvgIpc) is 3.63. The van der Waals surface area contributed by atoms with Crippen LogP contribution in [0.3, 0.4) is 0 Å². The van der Waals surface area contributed by atoms with Crippen LogP contribution >= 0.6 is 0 Å². The monoisotopic (exact) mass is 598 g/mol. The van der Waals surface area contributed by atoms with Crippen molar-refractivity contribution in [2.75, 3.05) is 0 Å². The fourth-order valence-electron chi connectivity index (χ4n) is 7.53. The first-order chi connectivity index (χ1) is 22.6. The molecule has 1 aliphatic rings. The van der Waals surface area contributed by atoms with Crippen molar-refractivity contribution in [2.24, 2.45) is 0 Å². The van der Waals surface area contributed by atoms with E-state index in [1.54, 1.807) is 0 Å². The number of benzene rings is 5. The standard InChI is InChI=1S/C44H42N2/c1-5-29(3)31-21-23-43-39(27-31)37-17-7-9-19-41(37)45(43)35-15-11-13-33(25-35)34-14-12-16-36(26-34)46-42-20-10-8-18-38(42)40-28-32(30(4)6-2)22-24-44(40)46/h7,9-17,19-30H,5-6,8,18H2,1-4H3. The number of aryl methyl sites for hydroxylation is 1. The quantitative estimate of drug-likeness (QED) is 0.173. The lowest BCUT2D eigenvalue weighted by atomic mass is 9.94. The van der Waals surface area contributed by atoms with Gasteiger partial charge in [0, 0.05) is 33.2 Å². The molecule has 0 amide bonds. The molecule has 5 aromatic carbocycles. The van der Waals surface area contributed by atoms with E-state index >= 15 is 0 Å². The molecule has 2 aromatic heterocycles. The molecule has 0 aliphatic heterocycles. The van der Waals surface area contributed by atoms with Gasteiger partial charge in [0.15, 0.2) is 0 Å². The Morgan fingerprint density at radius 2 is 1.15 bits per heavy atom. The highest BCUT2D eigenvalue weighted by molar-refractivity contribution is 6.09. The van der Waals surface area contributed by atoms with Gasteiger partial charge in [-0.15, -0.1) is 0 Å². The Labute approximate surface area is 272 Å². The minimum Gasteiger partial charge on any atom is -0.310 e. The molecule has 2 nitrogen and oxygen atoms in total. The van der Waals surface area contributed by atoms with Crippen molar-refractivity contribution in [3.8, 4) is 22.5 Å². The van der Waals surface area contributed by atoms with Gasteiger partial charge in [-0.2, -0.15) is 0 Å². The molecule has 2 heteroatoms. The van der Waals surface area contributed by atoms with Crippen molar-refractivity contribution in [1.29, 1.82) is 0 Å². The number of hydrogen-bond acceptors (Lipinski definition) is 0. The van der Waals surface area contributed by atoms with Crippen LogP contribution < -0.4 is 0 Å². The fourth-order valence-corrected chi connectivity index (χ4v) is 7.53. The van der Waals surface area contributed by atoms with Crippen molar-refractivity contribution in [3.63, 3.8) is 0 Å². The second-order valence-electron chi connectivity index (χ2n) is 13.3. The lowest BCUT2D eigenvalue weighted by Gasteiger charge is -2.14. The number of aromatic nitrogens is 2. The molecule has 2 heterocycles. The first kappa shape index (κ1) is 28.6. The zero-order chi connectivity index (χ0) is 31.4. The molecular weight excluding hydrogens is 556 g/mol. The summed E-state index contributed by atoms with van der Waals surface area (Å²) in [5, 5.41) is 4.05. The van der Waals surface area contributed by atoms with Crippen LogP contribution in [0.1, 0.15) is 81.2 Å². The molecule has 8 rings (SSSR count). The lowest BCUT2D eigenvalue weighted by molar-refractivity contribution is 0.734. The summed E-state index contributed by atoms with van der Waals surface area (Å²) in [6.07, 6.45) is 9.17. The zero-order valence-electron chi connectivity index (χ0n) is 27.4. The molecule has 2 atom stereocenters. The van der Waals surface area contributed by atoms with Crippen LogP contribution in [-0.2, 0) is 6.42 Å². The number of rotatable bonds is 7. The molecule has 0 N–H and O–H groups in total. The minimum absolute atomic E-state index is 0.544. The topological polar surface area (TPSA) is 9.86 Å². The first-order valence-electron chi connectivity index (χ1n) is 17.1. The molecule has 1 aliphatic carbocycles. The van der Waals surface area contributed by atoms with Gasteiger partial charge in [-0.05, 0) is 126 Å². The Balaban J connectivity index is 1.26. The Morgan fingerprint density at radius 3 is 1.83 bits per heavy atom. The van der Waals surface area contributed by atoms with Gasteiger partial charge in [-0.1, -0.05) is 88.4 Å². The maximum atomic E-state index is 2.48. The van der Waals surface area contributed by atoms with Crippen LogP contribution in [0.25, 0.3) is 61.3 Å². The second kappa shape index (κ2) is 11.5. The largest absolute Gasteiger partial charge is 0.310 e. The van der Waals surface area contributed by atoms with Crippen molar-refractivity contribution in [3.05, 3.63) is 138 Å². The van der Waals surface area contributed by atoms with Crippen LogP contribution in [0.15, 0.2) is 115 Å².